The summed E-state index contributed by atoms with van der Waals surface area (Å²) in [7, 11) is 0. The third-order valence-corrected chi connectivity index (χ3v) is 2.98. The number of rotatable bonds is 3. The van der Waals surface area contributed by atoms with Gasteiger partial charge in [-0.3, -0.25) is 4.79 Å². The summed E-state index contributed by atoms with van der Waals surface area (Å²) in [5, 5.41) is 4.85. The van der Waals surface area contributed by atoms with Crippen molar-refractivity contribution in [2.75, 3.05) is 5.73 Å². The van der Waals surface area contributed by atoms with Gasteiger partial charge in [-0.1, -0.05) is 11.6 Å². The number of carbonyl (C=O) groups excluding carboxylic acids is 1. The minimum absolute atomic E-state index is 0.211. The molecule has 0 atom stereocenters. The average Bonchev–Trinajstić information content (AvgIpc) is 2.82. The second kappa shape index (κ2) is 5.11. The van der Waals surface area contributed by atoms with Gasteiger partial charge >= 0.3 is 0 Å². The number of thiazole rings is 1. The van der Waals surface area contributed by atoms with Gasteiger partial charge in [0, 0.05) is 11.6 Å². The summed E-state index contributed by atoms with van der Waals surface area (Å²) in [6.45, 7) is 0.379. The number of nitrogen functional groups attached to an aromatic ring is 1. The van der Waals surface area contributed by atoms with Crippen molar-refractivity contribution in [2.24, 2.45) is 0 Å². The van der Waals surface area contributed by atoms with Gasteiger partial charge in [0.15, 0.2) is 0 Å². The van der Waals surface area contributed by atoms with Crippen LogP contribution in [0.5, 0.6) is 0 Å². The summed E-state index contributed by atoms with van der Waals surface area (Å²) in [6.07, 6.45) is 1.39. The molecule has 88 valence electrons. The molecule has 0 aromatic carbocycles. The number of nitrogens with two attached hydrogens (primary N) is 1. The van der Waals surface area contributed by atoms with Gasteiger partial charge in [0.25, 0.3) is 5.91 Å². The molecule has 0 fully saturated rings. The summed E-state index contributed by atoms with van der Waals surface area (Å²) in [5.41, 5.74) is 8.36. The molecule has 5 nitrogen and oxygen atoms in total. The van der Waals surface area contributed by atoms with E-state index in [1.807, 2.05) is 5.38 Å². The molecule has 2 aromatic heterocycles. The number of halogens is 1. The van der Waals surface area contributed by atoms with Crippen LogP contribution in [0.15, 0.2) is 23.2 Å². The van der Waals surface area contributed by atoms with Gasteiger partial charge < -0.3 is 11.1 Å². The molecule has 0 radical (unpaired) electrons. The van der Waals surface area contributed by atoms with Crippen LogP contribution in [0.25, 0.3) is 0 Å². The maximum atomic E-state index is 11.7. The minimum Gasteiger partial charge on any atom is -0.382 e. The number of nitrogens with one attached hydrogen (secondary N) is 1. The molecular weight excluding hydrogens is 260 g/mol. The van der Waals surface area contributed by atoms with Crippen LogP contribution in [0.4, 0.5) is 5.82 Å². The lowest BCUT2D eigenvalue weighted by molar-refractivity contribution is 0.0950. The third kappa shape index (κ3) is 2.92. The Morgan fingerprint density at radius 2 is 2.35 bits per heavy atom. The molecule has 0 saturated carbocycles. The third-order valence-electron chi connectivity index (χ3n) is 2.05. The van der Waals surface area contributed by atoms with Crippen molar-refractivity contribution in [2.45, 2.75) is 6.54 Å². The van der Waals surface area contributed by atoms with Gasteiger partial charge in [0.2, 0.25) is 0 Å². The second-order valence-electron chi connectivity index (χ2n) is 3.25. The number of pyridine rings is 1. The van der Waals surface area contributed by atoms with E-state index in [0.717, 1.165) is 5.69 Å². The molecule has 0 spiro atoms. The molecule has 0 bridgehead atoms. The topological polar surface area (TPSA) is 80.9 Å². The predicted molar refractivity (Wildman–Crippen MR) is 66.9 cm³/mol. The maximum Gasteiger partial charge on any atom is 0.253 e. The molecule has 2 aromatic rings. The van der Waals surface area contributed by atoms with Crippen molar-refractivity contribution in [3.8, 4) is 0 Å². The zero-order chi connectivity index (χ0) is 12.3. The highest BCUT2D eigenvalue weighted by Gasteiger charge is 2.08. The quantitative estimate of drug-likeness (QED) is 0.888. The molecule has 3 N–H and O–H groups in total. The van der Waals surface area contributed by atoms with Crippen molar-refractivity contribution in [3.05, 3.63) is 39.4 Å². The smallest absolute Gasteiger partial charge is 0.253 e. The Morgan fingerprint density at radius 3 is 3.00 bits per heavy atom. The molecule has 1 amide bonds. The first-order valence-corrected chi connectivity index (χ1v) is 6.05. The van der Waals surface area contributed by atoms with Crippen molar-refractivity contribution in [1.82, 2.24) is 15.3 Å². The van der Waals surface area contributed by atoms with Crippen LogP contribution in [0.3, 0.4) is 0 Å². The number of hydrogen-bond acceptors (Lipinski definition) is 5. The summed E-state index contributed by atoms with van der Waals surface area (Å²) >= 11 is 7.26. The van der Waals surface area contributed by atoms with Crippen LogP contribution in [0, 0.1) is 0 Å². The van der Waals surface area contributed by atoms with Crippen LogP contribution in [0.2, 0.25) is 5.02 Å². The molecule has 0 aliphatic rings. The first-order valence-electron chi connectivity index (χ1n) is 4.73. The van der Waals surface area contributed by atoms with E-state index in [1.165, 1.54) is 23.6 Å². The first kappa shape index (κ1) is 11.8. The van der Waals surface area contributed by atoms with E-state index in [2.05, 4.69) is 15.3 Å². The molecule has 0 saturated heterocycles. The Kier molecular flexibility index (Phi) is 3.55. The normalized spacial score (nSPS) is 10.2. The Balaban J connectivity index is 2.02. The summed E-state index contributed by atoms with van der Waals surface area (Å²) in [4.78, 5) is 19.6. The average molecular weight is 269 g/mol. The fraction of sp³-hybridized carbons (Fsp3) is 0.100. The van der Waals surface area contributed by atoms with Crippen LogP contribution in [0.1, 0.15) is 16.1 Å². The highest BCUT2D eigenvalue weighted by Crippen LogP contribution is 2.16. The minimum atomic E-state index is -0.257. The first-order chi connectivity index (χ1) is 8.16. The number of amides is 1. The molecule has 2 rings (SSSR count). The van der Waals surface area contributed by atoms with Crippen molar-refractivity contribution < 1.29 is 4.79 Å². The van der Waals surface area contributed by atoms with Gasteiger partial charge in [-0.2, -0.15) is 0 Å². The van der Waals surface area contributed by atoms with Gasteiger partial charge in [-0.05, 0) is 6.07 Å². The molecular formula is C10H9ClN4OS. The van der Waals surface area contributed by atoms with E-state index in [1.54, 1.807) is 5.51 Å². The lowest BCUT2D eigenvalue weighted by atomic mass is 10.2. The van der Waals surface area contributed by atoms with Gasteiger partial charge in [0.1, 0.15) is 5.82 Å². The molecule has 2 heterocycles. The van der Waals surface area contributed by atoms with Crippen molar-refractivity contribution in [3.63, 3.8) is 0 Å². The number of nitrogens with zero attached hydrogens (tertiary/aromatic N) is 2. The largest absolute Gasteiger partial charge is 0.382 e. The highest BCUT2D eigenvalue weighted by molar-refractivity contribution is 7.07. The Morgan fingerprint density at radius 1 is 1.53 bits per heavy atom. The Hall–Kier alpha value is -1.66. The monoisotopic (exact) mass is 268 g/mol. The zero-order valence-corrected chi connectivity index (χ0v) is 10.3. The molecule has 0 unspecified atom stereocenters. The van der Waals surface area contributed by atoms with Gasteiger partial charge in [-0.15, -0.1) is 11.3 Å². The second-order valence-corrected chi connectivity index (χ2v) is 4.38. The van der Waals surface area contributed by atoms with Crippen molar-refractivity contribution in [1.29, 1.82) is 0 Å². The highest BCUT2D eigenvalue weighted by atomic mass is 35.5. The van der Waals surface area contributed by atoms with Gasteiger partial charge in [0.05, 0.1) is 28.3 Å². The molecule has 7 heteroatoms. The van der Waals surface area contributed by atoms with E-state index in [9.17, 15) is 4.79 Å². The van der Waals surface area contributed by atoms with E-state index in [-0.39, 0.29) is 16.7 Å². The van der Waals surface area contributed by atoms with E-state index >= 15 is 0 Å². The fourth-order valence-electron chi connectivity index (χ4n) is 1.17. The number of aromatic nitrogens is 2. The summed E-state index contributed by atoms with van der Waals surface area (Å²) < 4.78 is 0. The van der Waals surface area contributed by atoms with E-state index in [0.29, 0.717) is 12.1 Å². The standard InChI is InChI=1S/C10H9ClN4OS/c11-8-1-6(2-13-9(8)12)10(16)14-3-7-4-17-5-15-7/h1-2,4-5H,3H2,(H2,12,13)(H,14,16). The number of anilines is 1. The summed E-state index contributed by atoms with van der Waals surface area (Å²) in [6, 6.07) is 1.49. The lowest BCUT2D eigenvalue weighted by Crippen LogP contribution is -2.23. The molecule has 0 aliphatic carbocycles. The lowest BCUT2D eigenvalue weighted by Gasteiger charge is -2.04. The van der Waals surface area contributed by atoms with Crippen LogP contribution in [-0.4, -0.2) is 15.9 Å². The predicted octanol–water partition coefficient (Wildman–Crippen LogP) is 1.70. The SMILES string of the molecule is Nc1ncc(C(=O)NCc2cscn2)cc1Cl. The van der Waals surface area contributed by atoms with Crippen molar-refractivity contribution >= 4 is 34.7 Å². The zero-order valence-electron chi connectivity index (χ0n) is 8.68. The number of hydrogen-bond donors (Lipinski definition) is 2. The van der Waals surface area contributed by atoms with E-state index < -0.39 is 0 Å². The molecule has 0 aliphatic heterocycles. The number of carbonyl (C=O) groups is 1. The van der Waals surface area contributed by atoms with Gasteiger partial charge in [-0.25, -0.2) is 9.97 Å². The summed E-state index contributed by atoms with van der Waals surface area (Å²) in [5.74, 6) is -0.0462. The van der Waals surface area contributed by atoms with Crippen LogP contribution >= 0.6 is 22.9 Å². The maximum absolute atomic E-state index is 11.7. The fourth-order valence-corrected chi connectivity index (χ4v) is 1.90. The van der Waals surface area contributed by atoms with E-state index in [4.69, 9.17) is 17.3 Å². The molecule has 17 heavy (non-hydrogen) atoms. The van der Waals surface area contributed by atoms with Crippen LogP contribution < -0.4 is 11.1 Å². The Labute approximate surface area is 107 Å². The van der Waals surface area contributed by atoms with Crippen LogP contribution in [-0.2, 0) is 6.54 Å². The Bertz CT molecular complexity index is 529.